The van der Waals surface area contributed by atoms with Gasteiger partial charge in [0.1, 0.15) is 0 Å². The van der Waals surface area contributed by atoms with Crippen molar-refractivity contribution >= 4 is 5.91 Å². The van der Waals surface area contributed by atoms with Crippen molar-refractivity contribution in [3.63, 3.8) is 0 Å². The van der Waals surface area contributed by atoms with E-state index in [0.29, 0.717) is 17.7 Å². The Morgan fingerprint density at radius 2 is 2.08 bits per heavy atom. The fourth-order valence-electron chi connectivity index (χ4n) is 4.76. The van der Waals surface area contributed by atoms with Crippen LogP contribution in [0.2, 0.25) is 0 Å². The summed E-state index contributed by atoms with van der Waals surface area (Å²) in [7, 11) is 1.79. The van der Waals surface area contributed by atoms with Crippen LogP contribution in [0.25, 0.3) is 0 Å². The standard InChI is InChI=1S/C20H30N2O3/c1-24-14-17-12-22(11-15-2-3-15)20(23)19-5-8-21(7-4-18(17)19)10-16-6-9-25-13-16/h6,9,13,15,17-19H,2-5,7-8,10-12,14H2,1H3/t17-,18-,19-/m1/s1. The number of methoxy groups -OCH3 is 1. The van der Waals surface area contributed by atoms with Gasteiger partial charge in [-0.3, -0.25) is 9.69 Å². The summed E-state index contributed by atoms with van der Waals surface area (Å²) in [4.78, 5) is 17.7. The predicted octanol–water partition coefficient (Wildman–Crippen LogP) is 2.62. The zero-order chi connectivity index (χ0) is 17.2. The quantitative estimate of drug-likeness (QED) is 0.794. The van der Waals surface area contributed by atoms with Crippen LogP contribution in [0.1, 0.15) is 31.2 Å². The van der Waals surface area contributed by atoms with Crippen LogP contribution < -0.4 is 0 Å². The lowest BCUT2D eigenvalue weighted by molar-refractivity contribution is -0.146. The molecule has 1 amide bonds. The van der Waals surface area contributed by atoms with Gasteiger partial charge in [-0.05, 0) is 56.7 Å². The fraction of sp³-hybridized carbons (Fsp3) is 0.750. The van der Waals surface area contributed by atoms with Gasteiger partial charge in [-0.25, -0.2) is 0 Å². The summed E-state index contributed by atoms with van der Waals surface area (Å²) >= 11 is 0. The Hall–Kier alpha value is -1.33. The molecule has 25 heavy (non-hydrogen) atoms. The molecule has 5 heteroatoms. The molecule has 4 rings (SSSR count). The molecule has 5 nitrogen and oxygen atoms in total. The summed E-state index contributed by atoms with van der Waals surface area (Å²) < 4.78 is 10.7. The van der Waals surface area contributed by atoms with Gasteiger partial charge >= 0.3 is 0 Å². The minimum atomic E-state index is 0.182. The second-order valence-electron chi connectivity index (χ2n) is 8.16. The normalized spacial score (nSPS) is 31.0. The van der Waals surface area contributed by atoms with Crippen LogP contribution in [0, 0.1) is 23.7 Å². The lowest BCUT2D eigenvalue weighted by Crippen LogP contribution is -2.52. The number of amides is 1. The highest BCUT2D eigenvalue weighted by Crippen LogP contribution is 2.39. The second-order valence-corrected chi connectivity index (χ2v) is 8.16. The summed E-state index contributed by atoms with van der Waals surface area (Å²) in [5.74, 6) is 2.31. The molecule has 1 aliphatic carbocycles. The molecule has 1 aromatic rings. The van der Waals surface area contributed by atoms with Crippen LogP contribution in [-0.2, 0) is 16.1 Å². The Balaban J connectivity index is 1.45. The van der Waals surface area contributed by atoms with Crippen LogP contribution in [0.4, 0.5) is 0 Å². The van der Waals surface area contributed by atoms with Gasteiger partial charge in [0, 0.05) is 44.1 Å². The zero-order valence-corrected chi connectivity index (χ0v) is 15.2. The van der Waals surface area contributed by atoms with Crippen molar-refractivity contribution in [2.75, 3.05) is 39.9 Å². The number of carbonyl (C=O) groups excluding carboxylic acids is 1. The number of piperidine rings is 1. The van der Waals surface area contributed by atoms with Crippen molar-refractivity contribution in [3.05, 3.63) is 24.2 Å². The van der Waals surface area contributed by atoms with Crippen molar-refractivity contribution in [3.8, 4) is 0 Å². The van der Waals surface area contributed by atoms with Gasteiger partial charge in [-0.15, -0.1) is 0 Å². The number of fused-ring (bicyclic) bond motifs is 1. The van der Waals surface area contributed by atoms with Crippen LogP contribution in [-0.4, -0.2) is 55.6 Å². The van der Waals surface area contributed by atoms with Gasteiger partial charge < -0.3 is 14.1 Å². The molecular weight excluding hydrogens is 316 g/mol. The van der Waals surface area contributed by atoms with Crippen LogP contribution in [0.5, 0.6) is 0 Å². The summed E-state index contributed by atoms with van der Waals surface area (Å²) in [6.45, 7) is 5.62. The molecular formula is C20H30N2O3. The van der Waals surface area contributed by atoms with Gasteiger partial charge in [0.25, 0.3) is 0 Å². The van der Waals surface area contributed by atoms with E-state index < -0.39 is 0 Å². The van der Waals surface area contributed by atoms with E-state index >= 15 is 0 Å². The average molecular weight is 346 g/mol. The van der Waals surface area contributed by atoms with Crippen molar-refractivity contribution in [2.24, 2.45) is 23.7 Å². The third-order valence-electron chi connectivity index (χ3n) is 6.28. The van der Waals surface area contributed by atoms with E-state index in [1.165, 1.54) is 18.4 Å². The van der Waals surface area contributed by atoms with Crippen LogP contribution >= 0.6 is 0 Å². The third-order valence-corrected chi connectivity index (χ3v) is 6.28. The largest absolute Gasteiger partial charge is 0.472 e. The van der Waals surface area contributed by atoms with E-state index in [-0.39, 0.29) is 5.92 Å². The number of carbonyl (C=O) groups is 1. The van der Waals surface area contributed by atoms with E-state index in [1.54, 1.807) is 13.4 Å². The molecule has 3 fully saturated rings. The Morgan fingerprint density at radius 1 is 1.24 bits per heavy atom. The van der Waals surface area contributed by atoms with Crippen LogP contribution in [0.3, 0.4) is 0 Å². The molecule has 3 aliphatic rings. The van der Waals surface area contributed by atoms with Crippen molar-refractivity contribution in [2.45, 2.75) is 32.2 Å². The molecule has 0 bridgehead atoms. The first-order valence-corrected chi connectivity index (χ1v) is 9.75. The fourth-order valence-corrected chi connectivity index (χ4v) is 4.76. The Bertz CT molecular complexity index is 570. The first-order valence-electron chi connectivity index (χ1n) is 9.75. The smallest absolute Gasteiger partial charge is 0.226 e. The lowest BCUT2D eigenvalue weighted by atomic mass is 9.74. The Labute approximate surface area is 150 Å². The molecule has 0 radical (unpaired) electrons. The zero-order valence-electron chi connectivity index (χ0n) is 15.2. The topological polar surface area (TPSA) is 45.9 Å². The number of furan rings is 1. The molecule has 2 aliphatic heterocycles. The molecule has 0 N–H and O–H groups in total. The average Bonchev–Trinajstić information content (AvgIpc) is 3.32. The molecule has 3 atom stereocenters. The van der Waals surface area contributed by atoms with Gasteiger partial charge in [-0.2, -0.15) is 0 Å². The molecule has 1 saturated carbocycles. The number of hydrogen-bond donors (Lipinski definition) is 0. The third kappa shape index (κ3) is 3.93. The monoisotopic (exact) mass is 346 g/mol. The molecule has 3 heterocycles. The molecule has 0 spiro atoms. The summed E-state index contributed by atoms with van der Waals surface area (Å²) in [6.07, 6.45) is 8.23. The minimum absolute atomic E-state index is 0.182. The maximum absolute atomic E-state index is 13.1. The van der Waals surface area contributed by atoms with Gasteiger partial charge in [0.2, 0.25) is 5.91 Å². The van der Waals surface area contributed by atoms with E-state index in [9.17, 15) is 4.79 Å². The van der Waals surface area contributed by atoms with E-state index in [0.717, 1.165) is 58.1 Å². The summed E-state index contributed by atoms with van der Waals surface area (Å²) in [5.41, 5.74) is 1.22. The first-order chi connectivity index (χ1) is 12.2. The molecule has 0 aromatic carbocycles. The first kappa shape index (κ1) is 17.1. The van der Waals surface area contributed by atoms with Gasteiger partial charge in [0.15, 0.2) is 0 Å². The number of hydrogen-bond acceptors (Lipinski definition) is 4. The number of rotatable bonds is 6. The SMILES string of the molecule is COC[C@H]1CN(CC2CC2)C(=O)[C@@H]2CCN(Cc3ccoc3)CC[C@H]12. The lowest BCUT2D eigenvalue weighted by Gasteiger charge is -2.42. The Kier molecular flexibility index (Phi) is 5.13. The minimum Gasteiger partial charge on any atom is -0.472 e. The van der Waals surface area contributed by atoms with Crippen molar-refractivity contribution in [1.82, 2.24) is 9.80 Å². The summed E-state index contributed by atoms with van der Waals surface area (Å²) in [5, 5.41) is 0. The Morgan fingerprint density at radius 3 is 2.80 bits per heavy atom. The number of ether oxygens (including phenoxy) is 1. The van der Waals surface area contributed by atoms with Crippen molar-refractivity contribution in [1.29, 1.82) is 0 Å². The maximum atomic E-state index is 13.1. The molecule has 2 saturated heterocycles. The summed E-state index contributed by atoms with van der Waals surface area (Å²) in [6, 6.07) is 2.04. The molecule has 138 valence electrons. The highest BCUT2D eigenvalue weighted by atomic mass is 16.5. The molecule has 1 aromatic heterocycles. The highest BCUT2D eigenvalue weighted by molar-refractivity contribution is 5.80. The number of nitrogens with zero attached hydrogens (tertiary/aromatic N) is 2. The van der Waals surface area contributed by atoms with E-state index in [4.69, 9.17) is 9.15 Å². The van der Waals surface area contributed by atoms with E-state index in [1.807, 2.05) is 12.3 Å². The van der Waals surface area contributed by atoms with Crippen molar-refractivity contribution < 1.29 is 13.9 Å². The second kappa shape index (κ2) is 7.50. The van der Waals surface area contributed by atoms with Gasteiger partial charge in [-0.1, -0.05) is 0 Å². The molecule has 0 unspecified atom stereocenters. The van der Waals surface area contributed by atoms with E-state index in [2.05, 4.69) is 9.80 Å². The maximum Gasteiger partial charge on any atom is 0.226 e. The highest BCUT2D eigenvalue weighted by Gasteiger charge is 2.44. The number of likely N-dealkylation sites (tertiary alicyclic amines) is 2. The van der Waals surface area contributed by atoms with Gasteiger partial charge in [0.05, 0.1) is 19.1 Å². The van der Waals surface area contributed by atoms with Crippen LogP contribution in [0.15, 0.2) is 23.0 Å². The predicted molar refractivity (Wildman–Crippen MR) is 94.9 cm³/mol.